The number of H-pyrrole nitrogens is 1. The van der Waals surface area contributed by atoms with Gasteiger partial charge in [-0.25, -0.2) is 18.6 Å². The summed E-state index contributed by atoms with van der Waals surface area (Å²) in [7, 11) is 0. The molecule has 0 aliphatic carbocycles. The van der Waals surface area contributed by atoms with Crippen molar-refractivity contribution in [3.8, 4) is 0 Å². The topological polar surface area (TPSA) is 151 Å². The standard InChI is InChI=1S/C15H10F2N2S.C10H13N5O4/c16-9-4-3-5-10(17)14(9)15-19-12-7-2-1-6-11(12)18-13(19)8-20-15;1-5-3-15(10(18)12-9(5)17)8-2-6(13-14-11)7(4-16)19-8/h1-7,15H,8H2;3,6-8,16H,2,4H2,1H3,(H,12,17,18)/t;6?,7-,8-/m.1/s1. The molecule has 2 aliphatic rings. The molecule has 1 fully saturated rings. The van der Waals surface area contributed by atoms with E-state index in [9.17, 15) is 18.4 Å². The SMILES string of the molecule is Cc1cn([C@H]2CC(N=[N+]=[N-])[C@@H](CO)O2)c(=O)[nH]c1=O.Fc1cccc(F)c1C1SCc2nc3ccccc3n21. The molecule has 14 heteroatoms. The highest BCUT2D eigenvalue weighted by Crippen LogP contribution is 2.44. The largest absolute Gasteiger partial charge is 0.394 e. The van der Waals surface area contributed by atoms with Crippen LogP contribution in [0.15, 0.2) is 63.4 Å². The van der Waals surface area contributed by atoms with E-state index in [1.807, 2.05) is 28.8 Å². The van der Waals surface area contributed by atoms with E-state index < -0.39 is 46.6 Å². The molecule has 0 amide bonds. The van der Waals surface area contributed by atoms with Crippen LogP contribution in [0.5, 0.6) is 0 Å². The maximum atomic E-state index is 14.0. The molecule has 0 spiro atoms. The Kier molecular flexibility index (Phi) is 7.53. The van der Waals surface area contributed by atoms with Crippen LogP contribution in [0.3, 0.4) is 0 Å². The summed E-state index contributed by atoms with van der Waals surface area (Å²) < 4.78 is 36.7. The van der Waals surface area contributed by atoms with E-state index in [4.69, 9.17) is 15.4 Å². The molecule has 2 aliphatic heterocycles. The van der Waals surface area contributed by atoms with Gasteiger partial charge >= 0.3 is 5.69 Å². The summed E-state index contributed by atoms with van der Waals surface area (Å²) in [6, 6.07) is 11.1. The van der Waals surface area contributed by atoms with Gasteiger partial charge in [0.15, 0.2) is 0 Å². The summed E-state index contributed by atoms with van der Waals surface area (Å²) in [5.74, 6) is 0.512. The number of fused-ring (bicyclic) bond motifs is 3. The Hall–Kier alpha value is -3.97. The van der Waals surface area contributed by atoms with E-state index in [0.717, 1.165) is 16.9 Å². The van der Waals surface area contributed by atoms with Crippen LogP contribution in [0.1, 0.15) is 35.0 Å². The minimum absolute atomic E-state index is 0.111. The highest BCUT2D eigenvalue weighted by atomic mass is 32.2. The predicted molar refractivity (Wildman–Crippen MR) is 140 cm³/mol. The lowest BCUT2D eigenvalue weighted by atomic mass is 10.1. The monoisotopic (exact) mass is 555 g/mol. The number of aliphatic hydroxyl groups is 1. The molecule has 0 radical (unpaired) electrons. The molecular weight excluding hydrogens is 532 g/mol. The molecule has 2 aromatic carbocycles. The summed E-state index contributed by atoms with van der Waals surface area (Å²) in [4.78, 5) is 32.4. The number of aromatic amines is 1. The average molecular weight is 556 g/mol. The van der Waals surface area contributed by atoms with Gasteiger partial charge in [0, 0.05) is 23.1 Å². The lowest BCUT2D eigenvalue weighted by Gasteiger charge is -2.15. The molecular formula is C25H23F2N7O4S. The fourth-order valence-corrected chi connectivity index (χ4v) is 5.97. The fraction of sp³-hybridized carbons (Fsp3) is 0.320. The summed E-state index contributed by atoms with van der Waals surface area (Å²) in [6.07, 6.45) is 0.329. The van der Waals surface area contributed by atoms with Crippen molar-refractivity contribution < 1.29 is 18.6 Å². The molecule has 4 aromatic rings. The number of hydrogen-bond acceptors (Lipinski definition) is 7. The number of azide groups is 1. The molecule has 0 saturated carbocycles. The average Bonchev–Trinajstić information content (AvgIpc) is 3.61. The van der Waals surface area contributed by atoms with Crippen LogP contribution < -0.4 is 11.2 Å². The van der Waals surface area contributed by atoms with Crippen LogP contribution in [-0.2, 0) is 10.5 Å². The molecule has 202 valence electrons. The number of benzene rings is 2. The number of halogens is 2. The van der Waals surface area contributed by atoms with E-state index in [1.165, 1.54) is 40.7 Å². The predicted octanol–water partition coefficient (Wildman–Crippen LogP) is 3.91. The first-order valence-corrected chi connectivity index (χ1v) is 13.0. The van der Waals surface area contributed by atoms with Gasteiger partial charge in [0.2, 0.25) is 0 Å². The molecule has 6 rings (SSSR count). The molecule has 4 heterocycles. The second-order valence-electron chi connectivity index (χ2n) is 8.98. The highest BCUT2D eigenvalue weighted by molar-refractivity contribution is 7.99. The van der Waals surface area contributed by atoms with Crippen molar-refractivity contribution in [1.82, 2.24) is 19.1 Å². The van der Waals surface area contributed by atoms with Crippen LogP contribution in [0.25, 0.3) is 21.5 Å². The van der Waals surface area contributed by atoms with Gasteiger partial charge in [-0.05, 0) is 36.7 Å². The third-order valence-electron chi connectivity index (χ3n) is 6.56. The molecule has 39 heavy (non-hydrogen) atoms. The Morgan fingerprint density at radius 2 is 1.97 bits per heavy atom. The first kappa shape index (κ1) is 26.6. The summed E-state index contributed by atoms with van der Waals surface area (Å²) in [6.45, 7) is 1.26. The summed E-state index contributed by atoms with van der Waals surface area (Å²) in [5, 5.41) is 12.3. The van der Waals surface area contributed by atoms with Gasteiger partial charge in [-0.1, -0.05) is 23.3 Å². The number of para-hydroxylation sites is 2. The van der Waals surface area contributed by atoms with Crippen molar-refractivity contribution in [3.63, 3.8) is 0 Å². The maximum Gasteiger partial charge on any atom is 0.330 e. The van der Waals surface area contributed by atoms with Crippen molar-refractivity contribution in [3.05, 3.63) is 109 Å². The van der Waals surface area contributed by atoms with Gasteiger partial charge in [0.05, 0.1) is 41.1 Å². The number of imidazole rings is 1. The molecule has 1 saturated heterocycles. The lowest BCUT2D eigenvalue weighted by Crippen LogP contribution is -2.33. The minimum atomic E-state index is -0.671. The normalized spacial score (nSPS) is 21.7. The fourth-order valence-electron chi connectivity index (χ4n) is 4.68. The lowest BCUT2D eigenvalue weighted by molar-refractivity contribution is -0.0271. The Bertz CT molecular complexity index is 1680. The number of aromatic nitrogens is 4. The van der Waals surface area contributed by atoms with Crippen molar-refractivity contribution in [2.24, 2.45) is 5.11 Å². The van der Waals surface area contributed by atoms with Crippen molar-refractivity contribution in [2.45, 2.75) is 42.8 Å². The second-order valence-corrected chi connectivity index (χ2v) is 10.1. The Morgan fingerprint density at radius 3 is 2.69 bits per heavy atom. The minimum Gasteiger partial charge on any atom is -0.394 e. The van der Waals surface area contributed by atoms with Gasteiger partial charge < -0.3 is 14.4 Å². The van der Waals surface area contributed by atoms with Crippen molar-refractivity contribution >= 4 is 22.8 Å². The zero-order valence-electron chi connectivity index (χ0n) is 20.6. The number of rotatable bonds is 4. The van der Waals surface area contributed by atoms with Gasteiger partial charge in [-0.15, -0.1) is 11.8 Å². The second kappa shape index (κ2) is 11.0. The Morgan fingerprint density at radius 1 is 1.23 bits per heavy atom. The zero-order chi connectivity index (χ0) is 27.7. The molecule has 2 N–H and O–H groups in total. The number of thioether (sulfide) groups is 1. The smallest absolute Gasteiger partial charge is 0.330 e. The van der Waals surface area contributed by atoms with Crippen LogP contribution >= 0.6 is 11.8 Å². The van der Waals surface area contributed by atoms with E-state index in [0.29, 0.717) is 11.3 Å². The van der Waals surface area contributed by atoms with Gasteiger partial charge in [-0.3, -0.25) is 14.3 Å². The zero-order valence-corrected chi connectivity index (χ0v) is 21.4. The number of ether oxygens (including phenoxy) is 1. The Balaban J connectivity index is 0.000000158. The molecule has 0 bridgehead atoms. The maximum absolute atomic E-state index is 14.0. The summed E-state index contributed by atoms with van der Waals surface area (Å²) >= 11 is 1.49. The summed E-state index contributed by atoms with van der Waals surface area (Å²) in [5.41, 5.74) is 9.65. The first-order valence-electron chi connectivity index (χ1n) is 12.0. The van der Waals surface area contributed by atoms with E-state index in [-0.39, 0.29) is 18.6 Å². The van der Waals surface area contributed by atoms with E-state index in [2.05, 4.69) is 20.0 Å². The number of nitrogens with zero attached hydrogens (tertiary/aromatic N) is 6. The van der Waals surface area contributed by atoms with Crippen LogP contribution in [0.2, 0.25) is 0 Å². The quantitative estimate of drug-likeness (QED) is 0.221. The molecule has 2 unspecified atom stereocenters. The van der Waals surface area contributed by atoms with Gasteiger partial charge in [0.1, 0.15) is 29.1 Å². The van der Waals surface area contributed by atoms with Crippen LogP contribution in [-0.4, -0.2) is 43.0 Å². The molecule has 2 aromatic heterocycles. The number of aliphatic hydroxyl groups excluding tert-OH is 1. The van der Waals surface area contributed by atoms with E-state index in [1.54, 1.807) is 6.92 Å². The Labute approximate surface area is 223 Å². The van der Waals surface area contributed by atoms with Crippen molar-refractivity contribution in [2.75, 3.05) is 6.61 Å². The third-order valence-corrected chi connectivity index (χ3v) is 7.75. The number of hydrogen-bond donors (Lipinski definition) is 2. The molecule has 4 atom stereocenters. The van der Waals surface area contributed by atoms with Crippen molar-refractivity contribution in [1.29, 1.82) is 0 Å². The van der Waals surface area contributed by atoms with E-state index >= 15 is 0 Å². The first-order chi connectivity index (χ1) is 18.8. The highest BCUT2D eigenvalue weighted by Gasteiger charge is 2.36. The third kappa shape index (κ3) is 5.06. The van der Waals surface area contributed by atoms with Crippen LogP contribution in [0, 0.1) is 18.6 Å². The molecule has 11 nitrogen and oxygen atoms in total. The van der Waals surface area contributed by atoms with Gasteiger partial charge in [0.25, 0.3) is 5.56 Å². The van der Waals surface area contributed by atoms with Crippen LogP contribution in [0.4, 0.5) is 8.78 Å². The number of aryl methyl sites for hydroxylation is 1. The number of nitrogens with one attached hydrogen (secondary N) is 1. The van der Waals surface area contributed by atoms with Gasteiger partial charge in [-0.2, -0.15) is 0 Å².